The predicted octanol–water partition coefficient (Wildman–Crippen LogP) is 3.11. The zero-order chi connectivity index (χ0) is 11.0. The summed E-state index contributed by atoms with van der Waals surface area (Å²) < 4.78 is 6.15. The molecule has 1 fully saturated rings. The van der Waals surface area contributed by atoms with Gasteiger partial charge in [-0.1, -0.05) is 48.0 Å². The monoisotopic (exact) mass is 268 g/mol. The number of benzene rings is 1. The summed E-state index contributed by atoms with van der Waals surface area (Å²) in [5.74, 6) is 0.154. The van der Waals surface area contributed by atoms with Crippen LogP contribution in [0.2, 0.25) is 0 Å². The molecule has 15 heavy (non-hydrogen) atoms. The fourth-order valence-corrected chi connectivity index (χ4v) is 2.42. The van der Waals surface area contributed by atoms with Gasteiger partial charge < -0.3 is 4.74 Å². The molecule has 0 N–H and O–H groups in total. The molecule has 0 saturated carbocycles. The molecular weight excluding hydrogens is 256 g/mol. The van der Waals surface area contributed by atoms with E-state index in [4.69, 9.17) is 4.74 Å². The van der Waals surface area contributed by atoms with Crippen molar-refractivity contribution in [1.29, 1.82) is 0 Å². The lowest BCUT2D eigenvalue weighted by Crippen LogP contribution is -2.46. The zero-order valence-electron chi connectivity index (χ0n) is 8.74. The highest BCUT2D eigenvalue weighted by Gasteiger charge is 2.45. The maximum Gasteiger partial charge on any atom is 0.317 e. The molecule has 2 rings (SSSR count). The Morgan fingerprint density at radius 1 is 1.33 bits per heavy atom. The Hall–Kier alpha value is -0.830. The zero-order valence-corrected chi connectivity index (χ0v) is 10.3. The topological polar surface area (TPSA) is 26.3 Å². The van der Waals surface area contributed by atoms with Crippen LogP contribution in [-0.2, 0) is 9.53 Å². The average molecular weight is 269 g/mol. The number of cyclic esters (lactones) is 1. The Balaban J connectivity index is 2.30. The van der Waals surface area contributed by atoms with Crippen LogP contribution in [0.5, 0.6) is 0 Å². The van der Waals surface area contributed by atoms with Crippen molar-refractivity contribution >= 4 is 21.9 Å². The molecule has 2 nitrogen and oxygen atoms in total. The van der Waals surface area contributed by atoms with Crippen molar-refractivity contribution in [2.24, 2.45) is 5.92 Å². The van der Waals surface area contributed by atoms with E-state index in [1.807, 2.05) is 24.3 Å². The molecule has 3 heteroatoms. The van der Waals surface area contributed by atoms with Gasteiger partial charge in [0.1, 0.15) is 12.0 Å². The number of carbonyl (C=O) groups is 1. The SMILES string of the molecule is CC(C)C1OC(=O)C1c1ccccc1Br. The smallest absolute Gasteiger partial charge is 0.317 e. The summed E-state index contributed by atoms with van der Waals surface area (Å²) in [6, 6.07) is 7.83. The fraction of sp³-hybridized carbons (Fsp3) is 0.417. The first-order chi connectivity index (χ1) is 7.11. The number of hydrogen-bond acceptors (Lipinski definition) is 2. The Morgan fingerprint density at radius 2 is 2.00 bits per heavy atom. The first-order valence-corrected chi connectivity index (χ1v) is 5.85. The molecule has 80 valence electrons. The van der Waals surface area contributed by atoms with Crippen LogP contribution < -0.4 is 0 Å². The predicted molar refractivity (Wildman–Crippen MR) is 61.6 cm³/mol. The van der Waals surface area contributed by atoms with Gasteiger partial charge in [-0.25, -0.2) is 0 Å². The Labute approximate surface area is 97.8 Å². The van der Waals surface area contributed by atoms with Crippen molar-refractivity contribution in [3.63, 3.8) is 0 Å². The third kappa shape index (κ3) is 1.81. The van der Waals surface area contributed by atoms with E-state index in [9.17, 15) is 4.79 Å². The van der Waals surface area contributed by atoms with Crippen LogP contribution in [0.3, 0.4) is 0 Å². The van der Waals surface area contributed by atoms with Crippen LogP contribution in [0.15, 0.2) is 28.7 Å². The number of halogens is 1. The summed E-state index contributed by atoms with van der Waals surface area (Å²) in [4.78, 5) is 11.5. The third-order valence-electron chi connectivity index (χ3n) is 2.73. The minimum atomic E-state index is -0.111. The van der Waals surface area contributed by atoms with E-state index in [0.717, 1.165) is 10.0 Å². The molecule has 1 aliphatic rings. The molecule has 1 aromatic rings. The number of ether oxygens (including phenoxy) is 1. The summed E-state index contributed by atoms with van der Waals surface area (Å²) in [6.45, 7) is 4.14. The molecule has 0 aliphatic carbocycles. The molecule has 2 unspecified atom stereocenters. The normalized spacial score (nSPS) is 24.9. The van der Waals surface area contributed by atoms with E-state index in [0.29, 0.717) is 5.92 Å². The summed E-state index contributed by atoms with van der Waals surface area (Å²) >= 11 is 3.47. The second-order valence-electron chi connectivity index (χ2n) is 4.14. The van der Waals surface area contributed by atoms with Crippen molar-refractivity contribution in [3.05, 3.63) is 34.3 Å². The van der Waals surface area contributed by atoms with E-state index < -0.39 is 0 Å². The standard InChI is InChI=1S/C12H13BrO2/c1-7(2)11-10(12(14)15-11)8-5-3-4-6-9(8)13/h3-7,10-11H,1-2H3. The van der Waals surface area contributed by atoms with Gasteiger partial charge in [0.25, 0.3) is 0 Å². The van der Waals surface area contributed by atoms with E-state index in [1.165, 1.54) is 0 Å². The number of hydrogen-bond donors (Lipinski definition) is 0. The molecule has 0 bridgehead atoms. The van der Waals surface area contributed by atoms with Gasteiger partial charge >= 0.3 is 5.97 Å². The van der Waals surface area contributed by atoms with Crippen LogP contribution in [0.4, 0.5) is 0 Å². The molecule has 0 aromatic heterocycles. The summed E-state index contributed by atoms with van der Waals surface area (Å²) in [6.07, 6.45) is 0.0243. The summed E-state index contributed by atoms with van der Waals surface area (Å²) in [5, 5.41) is 0. The lowest BCUT2D eigenvalue weighted by atomic mass is 9.83. The molecule has 1 aliphatic heterocycles. The summed E-state index contributed by atoms with van der Waals surface area (Å²) in [7, 11) is 0. The Bertz CT molecular complexity index is 387. The van der Waals surface area contributed by atoms with Gasteiger partial charge in [0, 0.05) is 4.47 Å². The minimum Gasteiger partial charge on any atom is -0.460 e. The molecule has 1 aromatic carbocycles. The first-order valence-electron chi connectivity index (χ1n) is 5.06. The largest absolute Gasteiger partial charge is 0.460 e. The van der Waals surface area contributed by atoms with Crippen molar-refractivity contribution in [3.8, 4) is 0 Å². The maximum absolute atomic E-state index is 11.5. The minimum absolute atomic E-state index is 0.0243. The molecule has 0 radical (unpaired) electrons. The number of esters is 1. The van der Waals surface area contributed by atoms with Gasteiger partial charge in [0.15, 0.2) is 0 Å². The van der Waals surface area contributed by atoms with Gasteiger partial charge in [-0.15, -0.1) is 0 Å². The third-order valence-corrected chi connectivity index (χ3v) is 3.45. The average Bonchev–Trinajstić information content (AvgIpc) is 2.17. The lowest BCUT2D eigenvalue weighted by Gasteiger charge is -2.38. The molecule has 1 saturated heterocycles. The quantitative estimate of drug-likeness (QED) is 0.771. The van der Waals surface area contributed by atoms with Crippen LogP contribution in [0.25, 0.3) is 0 Å². The van der Waals surface area contributed by atoms with Gasteiger partial charge in [-0.05, 0) is 17.5 Å². The second kappa shape index (κ2) is 3.97. The second-order valence-corrected chi connectivity index (χ2v) is 5.00. The number of rotatable bonds is 2. The van der Waals surface area contributed by atoms with Crippen LogP contribution in [-0.4, -0.2) is 12.1 Å². The van der Waals surface area contributed by atoms with Crippen molar-refractivity contribution < 1.29 is 9.53 Å². The van der Waals surface area contributed by atoms with Gasteiger partial charge in [-0.2, -0.15) is 0 Å². The molecule has 0 spiro atoms. The van der Waals surface area contributed by atoms with E-state index in [-0.39, 0.29) is 18.0 Å². The summed E-state index contributed by atoms with van der Waals surface area (Å²) in [5.41, 5.74) is 1.03. The fourth-order valence-electron chi connectivity index (χ4n) is 1.89. The molecule has 2 atom stereocenters. The Morgan fingerprint density at radius 3 is 2.53 bits per heavy atom. The molecular formula is C12H13BrO2. The highest BCUT2D eigenvalue weighted by Crippen LogP contribution is 2.39. The maximum atomic E-state index is 11.5. The van der Waals surface area contributed by atoms with E-state index in [2.05, 4.69) is 29.8 Å². The van der Waals surface area contributed by atoms with Crippen LogP contribution in [0, 0.1) is 5.92 Å². The van der Waals surface area contributed by atoms with E-state index in [1.54, 1.807) is 0 Å². The van der Waals surface area contributed by atoms with E-state index >= 15 is 0 Å². The van der Waals surface area contributed by atoms with Crippen LogP contribution >= 0.6 is 15.9 Å². The highest BCUT2D eigenvalue weighted by atomic mass is 79.9. The van der Waals surface area contributed by atoms with Gasteiger partial charge in [0.2, 0.25) is 0 Å². The number of carbonyl (C=O) groups excluding carboxylic acids is 1. The van der Waals surface area contributed by atoms with Crippen molar-refractivity contribution in [2.45, 2.75) is 25.9 Å². The van der Waals surface area contributed by atoms with Gasteiger partial charge in [0.05, 0.1) is 0 Å². The first kappa shape index (κ1) is 10.7. The van der Waals surface area contributed by atoms with Gasteiger partial charge in [-0.3, -0.25) is 4.79 Å². The van der Waals surface area contributed by atoms with Crippen molar-refractivity contribution in [2.75, 3.05) is 0 Å². The van der Waals surface area contributed by atoms with Crippen molar-refractivity contribution in [1.82, 2.24) is 0 Å². The lowest BCUT2D eigenvalue weighted by molar-refractivity contribution is -0.179. The van der Waals surface area contributed by atoms with Crippen LogP contribution in [0.1, 0.15) is 25.3 Å². The highest BCUT2D eigenvalue weighted by molar-refractivity contribution is 9.10. The molecule has 1 heterocycles. The molecule has 0 amide bonds. The Kier molecular flexibility index (Phi) is 2.83.